The van der Waals surface area contributed by atoms with Crippen LogP contribution < -0.4 is 14.8 Å². The van der Waals surface area contributed by atoms with Crippen molar-refractivity contribution >= 4 is 29.9 Å². The standard InChI is InChI=1S/C28H26N4O4/c1-29-23(22-11-7-8-12-25(22)36-4)16-26(30-2)31-19-13-14-24(35-3)18(15-19)17-32-27(33)20-9-5-6-10-21(20)28(32)34/h5-16,31H,2,17H2,1,3-4H3/b26-16+,29-23+. The number of methoxy groups -OCH3 is 2. The van der Waals surface area contributed by atoms with Gasteiger partial charge in [0.25, 0.3) is 11.8 Å². The molecule has 1 heterocycles. The maximum Gasteiger partial charge on any atom is 0.261 e. The van der Waals surface area contributed by atoms with E-state index < -0.39 is 0 Å². The van der Waals surface area contributed by atoms with Crippen LogP contribution in [0, 0.1) is 0 Å². The number of hydrogen-bond donors (Lipinski definition) is 1. The first-order valence-electron chi connectivity index (χ1n) is 11.2. The molecule has 0 saturated heterocycles. The number of ether oxygens (including phenoxy) is 2. The first-order chi connectivity index (χ1) is 17.5. The minimum Gasteiger partial charge on any atom is -0.496 e. The number of benzene rings is 3. The number of aliphatic imine (C=N–C) groups is 2. The summed E-state index contributed by atoms with van der Waals surface area (Å²) in [6.07, 6.45) is 1.76. The lowest BCUT2D eigenvalue weighted by atomic mass is 10.1. The third-order valence-corrected chi connectivity index (χ3v) is 5.83. The number of rotatable bonds is 9. The van der Waals surface area contributed by atoms with Crippen molar-refractivity contribution in [3.63, 3.8) is 0 Å². The normalized spacial score (nSPS) is 13.5. The highest BCUT2D eigenvalue weighted by Crippen LogP contribution is 2.30. The van der Waals surface area contributed by atoms with Crippen molar-refractivity contribution in [2.75, 3.05) is 26.6 Å². The van der Waals surface area contributed by atoms with E-state index in [9.17, 15) is 9.59 Å². The highest BCUT2D eigenvalue weighted by atomic mass is 16.5. The van der Waals surface area contributed by atoms with Crippen LogP contribution in [0.15, 0.2) is 88.6 Å². The summed E-state index contributed by atoms with van der Waals surface area (Å²) in [6.45, 7) is 3.74. The van der Waals surface area contributed by atoms with Gasteiger partial charge in [-0.05, 0) is 49.2 Å². The quantitative estimate of drug-likeness (QED) is 0.356. The second kappa shape index (κ2) is 10.7. The summed E-state index contributed by atoms with van der Waals surface area (Å²) in [4.78, 5) is 35.4. The highest BCUT2D eigenvalue weighted by molar-refractivity contribution is 6.21. The molecule has 1 aliphatic rings. The molecule has 0 aliphatic carbocycles. The molecule has 4 rings (SSSR count). The van der Waals surface area contributed by atoms with Crippen LogP contribution in [0.5, 0.6) is 11.5 Å². The van der Waals surface area contributed by atoms with Crippen LogP contribution in [-0.4, -0.2) is 50.4 Å². The summed E-state index contributed by atoms with van der Waals surface area (Å²) < 4.78 is 11.0. The van der Waals surface area contributed by atoms with Crippen LogP contribution in [-0.2, 0) is 6.54 Å². The topological polar surface area (TPSA) is 92.6 Å². The molecule has 8 heteroatoms. The Morgan fingerprint density at radius 3 is 2.19 bits per heavy atom. The molecule has 0 saturated carbocycles. The molecule has 0 fully saturated rings. The van der Waals surface area contributed by atoms with Crippen molar-refractivity contribution in [3.05, 3.63) is 101 Å². The Bertz CT molecular complexity index is 1360. The van der Waals surface area contributed by atoms with E-state index in [1.807, 2.05) is 36.4 Å². The van der Waals surface area contributed by atoms with Crippen molar-refractivity contribution in [2.45, 2.75) is 6.54 Å². The van der Waals surface area contributed by atoms with Gasteiger partial charge >= 0.3 is 0 Å². The van der Waals surface area contributed by atoms with E-state index in [1.54, 1.807) is 57.7 Å². The zero-order chi connectivity index (χ0) is 25.7. The predicted octanol–water partition coefficient (Wildman–Crippen LogP) is 4.57. The molecule has 2 amide bonds. The van der Waals surface area contributed by atoms with E-state index in [-0.39, 0.29) is 18.4 Å². The number of nitrogens with zero attached hydrogens (tertiary/aromatic N) is 3. The summed E-state index contributed by atoms with van der Waals surface area (Å²) in [5.74, 6) is 1.04. The number of anilines is 1. The number of fused-ring (bicyclic) bond motifs is 1. The number of carbonyl (C=O) groups is 2. The second-order valence-corrected chi connectivity index (χ2v) is 7.89. The van der Waals surface area contributed by atoms with Gasteiger partial charge in [-0.15, -0.1) is 0 Å². The number of carbonyl (C=O) groups excluding carboxylic acids is 2. The number of imide groups is 1. The highest BCUT2D eigenvalue weighted by Gasteiger charge is 2.35. The van der Waals surface area contributed by atoms with E-state index in [4.69, 9.17) is 9.47 Å². The molecule has 8 nitrogen and oxygen atoms in total. The lowest BCUT2D eigenvalue weighted by molar-refractivity contribution is 0.0641. The molecular weight excluding hydrogens is 456 g/mol. The van der Waals surface area contributed by atoms with Crippen molar-refractivity contribution in [2.24, 2.45) is 9.98 Å². The molecular formula is C28H26N4O4. The molecule has 0 aromatic heterocycles. The van der Waals surface area contributed by atoms with Crippen LogP contribution in [0.25, 0.3) is 0 Å². The van der Waals surface area contributed by atoms with Crippen LogP contribution in [0.4, 0.5) is 5.69 Å². The van der Waals surface area contributed by atoms with Gasteiger partial charge in [-0.25, -0.2) is 4.99 Å². The summed E-state index contributed by atoms with van der Waals surface area (Å²) >= 11 is 0. The maximum atomic E-state index is 12.9. The molecule has 1 N–H and O–H groups in total. The summed E-state index contributed by atoms with van der Waals surface area (Å²) in [6, 6.07) is 19.8. The third-order valence-electron chi connectivity index (χ3n) is 5.83. The second-order valence-electron chi connectivity index (χ2n) is 7.89. The minimum atomic E-state index is -0.329. The Labute approximate surface area is 209 Å². The molecule has 0 unspecified atom stereocenters. The van der Waals surface area contributed by atoms with Gasteiger partial charge in [0.15, 0.2) is 0 Å². The Balaban J connectivity index is 1.61. The molecule has 0 radical (unpaired) electrons. The summed E-state index contributed by atoms with van der Waals surface area (Å²) in [5.41, 5.74) is 3.61. The van der Waals surface area contributed by atoms with Crippen LogP contribution in [0.2, 0.25) is 0 Å². The SMILES string of the molecule is C=N/C(=C\C(=N/C)c1ccccc1OC)Nc1ccc(OC)c(CN2C(=O)c3ccccc3C2=O)c1. The minimum absolute atomic E-state index is 0.0640. The van der Waals surface area contributed by atoms with Crippen molar-refractivity contribution < 1.29 is 19.1 Å². The van der Waals surface area contributed by atoms with Gasteiger partial charge in [-0.3, -0.25) is 19.5 Å². The van der Waals surface area contributed by atoms with Crippen molar-refractivity contribution in [1.82, 2.24) is 4.90 Å². The molecule has 0 bridgehead atoms. The van der Waals surface area contributed by atoms with E-state index in [0.29, 0.717) is 45.4 Å². The molecule has 3 aromatic carbocycles. The van der Waals surface area contributed by atoms with E-state index in [1.165, 1.54) is 4.90 Å². The lowest BCUT2D eigenvalue weighted by Gasteiger charge is -2.18. The zero-order valence-electron chi connectivity index (χ0n) is 20.3. The molecule has 3 aromatic rings. The van der Waals surface area contributed by atoms with Crippen LogP contribution >= 0.6 is 0 Å². The summed E-state index contributed by atoms with van der Waals surface area (Å²) in [7, 11) is 4.84. The molecule has 1 aliphatic heterocycles. The van der Waals surface area contributed by atoms with Gasteiger partial charge in [-0.1, -0.05) is 24.3 Å². The third kappa shape index (κ3) is 4.74. The zero-order valence-corrected chi connectivity index (χ0v) is 20.3. The number of hydrogen-bond acceptors (Lipinski definition) is 7. The van der Waals surface area contributed by atoms with Gasteiger partial charge in [0, 0.05) is 29.9 Å². The average molecular weight is 483 g/mol. The fraction of sp³-hybridized carbons (Fsp3) is 0.143. The Morgan fingerprint density at radius 1 is 0.944 bits per heavy atom. The van der Waals surface area contributed by atoms with Crippen LogP contribution in [0.1, 0.15) is 31.8 Å². The number of nitrogens with one attached hydrogen (secondary N) is 1. The van der Waals surface area contributed by atoms with E-state index in [0.717, 1.165) is 5.56 Å². The first kappa shape index (κ1) is 24.4. The lowest BCUT2D eigenvalue weighted by Crippen LogP contribution is -2.29. The Morgan fingerprint density at radius 2 is 1.58 bits per heavy atom. The monoisotopic (exact) mass is 482 g/mol. The van der Waals surface area contributed by atoms with Gasteiger partial charge < -0.3 is 14.8 Å². The molecule has 182 valence electrons. The van der Waals surface area contributed by atoms with Crippen molar-refractivity contribution in [3.8, 4) is 11.5 Å². The maximum absolute atomic E-state index is 12.9. The Hall–Kier alpha value is -4.72. The fourth-order valence-corrected chi connectivity index (χ4v) is 4.05. The number of amides is 2. The van der Waals surface area contributed by atoms with E-state index >= 15 is 0 Å². The summed E-state index contributed by atoms with van der Waals surface area (Å²) in [5, 5.41) is 3.22. The fourth-order valence-electron chi connectivity index (χ4n) is 4.05. The van der Waals surface area contributed by atoms with Gasteiger partial charge in [0.1, 0.15) is 17.3 Å². The molecule has 0 spiro atoms. The predicted molar refractivity (Wildman–Crippen MR) is 140 cm³/mol. The first-order valence-corrected chi connectivity index (χ1v) is 11.2. The number of allylic oxidation sites excluding steroid dienone is 1. The van der Waals surface area contributed by atoms with Gasteiger partial charge in [0.2, 0.25) is 0 Å². The molecule has 36 heavy (non-hydrogen) atoms. The van der Waals surface area contributed by atoms with Gasteiger partial charge in [-0.2, -0.15) is 0 Å². The van der Waals surface area contributed by atoms with E-state index in [2.05, 4.69) is 22.0 Å². The van der Waals surface area contributed by atoms with Gasteiger partial charge in [0.05, 0.1) is 37.6 Å². The average Bonchev–Trinajstić information content (AvgIpc) is 3.16. The molecule has 0 atom stereocenters. The number of para-hydroxylation sites is 1. The smallest absolute Gasteiger partial charge is 0.261 e. The van der Waals surface area contributed by atoms with Crippen molar-refractivity contribution in [1.29, 1.82) is 0 Å². The largest absolute Gasteiger partial charge is 0.496 e. The Kier molecular flexibility index (Phi) is 7.25. The van der Waals surface area contributed by atoms with Crippen LogP contribution in [0.3, 0.4) is 0 Å².